The number of nitrogens with one attached hydrogen (secondary N) is 1. The smallest absolute Gasteiger partial charge is 0.137 e. The Morgan fingerprint density at radius 3 is 2.67 bits per heavy atom. The largest absolute Gasteiger partial charge is 0.497 e. The molecule has 1 aromatic heterocycles. The molecule has 2 heterocycles. The van der Waals surface area contributed by atoms with Crippen LogP contribution >= 0.6 is 0 Å². The Morgan fingerprint density at radius 2 is 2.04 bits per heavy atom. The summed E-state index contributed by atoms with van der Waals surface area (Å²) < 4.78 is 5.09. The van der Waals surface area contributed by atoms with Crippen molar-refractivity contribution in [3.63, 3.8) is 0 Å². The van der Waals surface area contributed by atoms with Gasteiger partial charge in [-0.3, -0.25) is 4.90 Å². The Kier molecular flexibility index (Phi) is 7.75. The molecule has 2 N–H and O–H groups in total. The maximum atomic E-state index is 9.07. The monoisotopic (exact) mass is 374 g/mol. The van der Waals surface area contributed by atoms with Gasteiger partial charge in [-0.25, -0.2) is 15.0 Å². The third kappa shape index (κ3) is 6.33. The molecule has 27 heavy (non-hydrogen) atoms. The van der Waals surface area contributed by atoms with Crippen molar-refractivity contribution in [2.45, 2.75) is 20.8 Å². The molecule has 1 aliphatic heterocycles. The normalized spacial score (nSPS) is 16.4. The van der Waals surface area contributed by atoms with Crippen LogP contribution in [0.15, 0.2) is 35.2 Å². The second kappa shape index (κ2) is 10.0. The Balaban J connectivity index is 2.06. The van der Waals surface area contributed by atoms with Crippen molar-refractivity contribution < 1.29 is 9.84 Å². The minimum Gasteiger partial charge on any atom is -0.497 e. The number of aliphatic imine (C=N–C) groups is 1. The molecule has 0 unspecified atom stereocenters. The highest BCUT2D eigenvalue weighted by Crippen LogP contribution is 2.18. The van der Waals surface area contributed by atoms with Crippen LogP contribution in [0.1, 0.15) is 19.7 Å². The lowest BCUT2D eigenvalue weighted by Crippen LogP contribution is -2.47. The average Bonchev–Trinajstić information content (AvgIpc) is 2.65. The summed E-state index contributed by atoms with van der Waals surface area (Å²) >= 11 is 0. The molecule has 0 radical (unpaired) electrons. The van der Waals surface area contributed by atoms with E-state index in [9.17, 15) is 0 Å². The van der Waals surface area contributed by atoms with Crippen molar-refractivity contribution in [2.24, 2.45) is 4.99 Å². The number of amidine groups is 1. The van der Waals surface area contributed by atoms with Gasteiger partial charge >= 0.3 is 0 Å². The van der Waals surface area contributed by atoms with Gasteiger partial charge in [-0.15, -0.1) is 0 Å². The van der Waals surface area contributed by atoms with Crippen molar-refractivity contribution in [3.05, 3.63) is 36.0 Å². The molecular formula is C19H30N6O2. The van der Waals surface area contributed by atoms with Gasteiger partial charge in [-0.2, -0.15) is 0 Å². The third-order valence-corrected chi connectivity index (χ3v) is 4.38. The van der Waals surface area contributed by atoms with Crippen molar-refractivity contribution in [2.75, 3.05) is 56.7 Å². The number of aliphatic hydroxyl groups excluding tert-OH is 1. The number of rotatable bonds is 7. The Labute approximate surface area is 161 Å². The highest BCUT2D eigenvalue weighted by atomic mass is 16.5. The first-order valence-electron chi connectivity index (χ1n) is 9.08. The predicted octanol–water partition coefficient (Wildman–Crippen LogP) is 1.79. The van der Waals surface area contributed by atoms with Crippen molar-refractivity contribution in [1.29, 1.82) is 0 Å². The second-order valence-corrected chi connectivity index (χ2v) is 6.49. The first-order chi connectivity index (χ1) is 12.9. The van der Waals surface area contributed by atoms with E-state index in [-0.39, 0.29) is 6.61 Å². The molecule has 1 saturated heterocycles. The van der Waals surface area contributed by atoms with Gasteiger partial charge in [0.1, 0.15) is 29.1 Å². The number of methoxy groups -OCH3 is 1. The molecule has 2 rings (SSSR count). The van der Waals surface area contributed by atoms with Crippen LogP contribution in [0.4, 0.5) is 11.6 Å². The number of β-amino-alcohol motifs (C(OH)–C–C–N with tert-alkyl or cyclic N) is 1. The van der Waals surface area contributed by atoms with E-state index in [4.69, 9.17) is 9.84 Å². The summed E-state index contributed by atoms with van der Waals surface area (Å²) in [6, 6.07) is 1.94. The number of hydrogen-bond donors (Lipinski definition) is 2. The van der Waals surface area contributed by atoms with Gasteiger partial charge in [-0.05, 0) is 20.8 Å². The lowest BCUT2D eigenvalue weighted by atomic mass is 10.3. The summed E-state index contributed by atoms with van der Waals surface area (Å²) in [5, 5.41) is 12.3. The van der Waals surface area contributed by atoms with Crippen LogP contribution in [-0.2, 0) is 4.74 Å². The van der Waals surface area contributed by atoms with Crippen molar-refractivity contribution in [3.8, 4) is 0 Å². The molecule has 0 amide bonds. The zero-order valence-electron chi connectivity index (χ0n) is 16.7. The van der Waals surface area contributed by atoms with Crippen LogP contribution in [0.25, 0.3) is 0 Å². The van der Waals surface area contributed by atoms with Crippen LogP contribution in [0.5, 0.6) is 0 Å². The molecular weight excluding hydrogens is 344 g/mol. The fourth-order valence-electron chi connectivity index (χ4n) is 2.76. The quantitative estimate of drug-likeness (QED) is 0.326. The van der Waals surface area contributed by atoms with Crippen LogP contribution in [0.2, 0.25) is 0 Å². The van der Waals surface area contributed by atoms with Crippen molar-refractivity contribution >= 4 is 17.5 Å². The minimum absolute atomic E-state index is 0.199. The van der Waals surface area contributed by atoms with Crippen LogP contribution in [0.3, 0.4) is 0 Å². The molecule has 0 aromatic carbocycles. The molecule has 8 nitrogen and oxygen atoms in total. The SMILES string of the molecule is C=C(OC)/C(C)=C/N=C(C)Nc1cc(N2CCN(CCO)CC2)nc(C)n1. The average molecular weight is 374 g/mol. The maximum Gasteiger partial charge on any atom is 0.137 e. The van der Waals surface area contributed by atoms with E-state index in [1.165, 1.54) is 0 Å². The minimum atomic E-state index is 0.199. The maximum absolute atomic E-state index is 9.07. The van der Waals surface area contributed by atoms with Gasteiger partial charge in [0.15, 0.2) is 0 Å². The molecule has 1 fully saturated rings. The second-order valence-electron chi connectivity index (χ2n) is 6.49. The summed E-state index contributed by atoms with van der Waals surface area (Å²) in [4.78, 5) is 17.9. The first kappa shape index (κ1) is 20.9. The number of aryl methyl sites for hydroxylation is 1. The standard InChI is InChI=1S/C19H30N6O2/c1-14(15(2)27-5)13-20-16(3)21-18-12-19(23-17(4)22-18)25-8-6-24(7-9-25)10-11-26/h12-13,26H,2,6-11H2,1,3-5H3,(H,20,21,22,23)/b14-13+. The summed E-state index contributed by atoms with van der Waals surface area (Å²) in [5.41, 5.74) is 0.860. The molecule has 0 saturated carbocycles. The van der Waals surface area contributed by atoms with Gasteiger partial charge in [0, 0.05) is 50.6 Å². The fraction of sp³-hybridized carbons (Fsp3) is 0.526. The van der Waals surface area contributed by atoms with E-state index in [1.807, 2.05) is 26.8 Å². The van der Waals surface area contributed by atoms with E-state index in [0.717, 1.165) is 50.0 Å². The van der Waals surface area contributed by atoms with Gasteiger partial charge in [-0.1, -0.05) is 6.58 Å². The van der Waals surface area contributed by atoms with Crippen LogP contribution in [0, 0.1) is 6.92 Å². The topological polar surface area (TPSA) is 86.1 Å². The number of anilines is 2. The van der Waals surface area contributed by atoms with Crippen LogP contribution in [-0.4, -0.2) is 72.3 Å². The van der Waals surface area contributed by atoms with Gasteiger partial charge in [0.05, 0.1) is 13.7 Å². The molecule has 0 atom stereocenters. The molecule has 1 aromatic rings. The highest BCUT2D eigenvalue weighted by molar-refractivity contribution is 5.93. The van der Waals surface area contributed by atoms with Crippen LogP contribution < -0.4 is 10.2 Å². The summed E-state index contributed by atoms with van der Waals surface area (Å²) in [5.74, 6) is 3.64. The number of aliphatic hydroxyl groups is 1. The summed E-state index contributed by atoms with van der Waals surface area (Å²) in [6.45, 7) is 14.0. The lowest BCUT2D eigenvalue weighted by Gasteiger charge is -2.35. The summed E-state index contributed by atoms with van der Waals surface area (Å²) in [6.07, 6.45) is 1.71. The number of aromatic nitrogens is 2. The van der Waals surface area contributed by atoms with E-state index in [1.54, 1.807) is 13.3 Å². The predicted molar refractivity (Wildman–Crippen MR) is 109 cm³/mol. The highest BCUT2D eigenvalue weighted by Gasteiger charge is 2.18. The molecule has 0 bridgehead atoms. The third-order valence-electron chi connectivity index (χ3n) is 4.38. The zero-order chi connectivity index (χ0) is 19.8. The number of nitrogens with zero attached hydrogens (tertiary/aromatic N) is 5. The van der Waals surface area contributed by atoms with E-state index in [0.29, 0.717) is 17.4 Å². The Hall–Kier alpha value is -2.45. The molecule has 148 valence electrons. The molecule has 0 spiro atoms. The fourth-order valence-corrected chi connectivity index (χ4v) is 2.76. The number of piperazine rings is 1. The number of allylic oxidation sites excluding steroid dienone is 1. The Bertz CT molecular complexity index is 708. The molecule has 0 aliphatic carbocycles. The van der Waals surface area contributed by atoms with E-state index >= 15 is 0 Å². The van der Waals surface area contributed by atoms with E-state index in [2.05, 4.69) is 36.7 Å². The van der Waals surface area contributed by atoms with Crippen molar-refractivity contribution in [1.82, 2.24) is 14.9 Å². The zero-order valence-corrected chi connectivity index (χ0v) is 16.7. The van der Waals surface area contributed by atoms with Gasteiger partial charge in [0.2, 0.25) is 0 Å². The van der Waals surface area contributed by atoms with Gasteiger partial charge in [0.25, 0.3) is 0 Å². The number of hydrogen-bond acceptors (Lipinski definition) is 7. The summed E-state index contributed by atoms with van der Waals surface area (Å²) in [7, 11) is 1.59. The molecule has 8 heteroatoms. The van der Waals surface area contributed by atoms with Gasteiger partial charge < -0.3 is 20.1 Å². The first-order valence-corrected chi connectivity index (χ1v) is 9.08. The number of ether oxygens (including phenoxy) is 1. The molecule has 1 aliphatic rings. The Morgan fingerprint density at radius 1 is 1.33 bits per heavy atom. The lowest BCUT2D eigenvalue weighted by molar-refractivity contribution is 0.188. The van der Waals surface area contributed by atoms with E-state index < -0.39 is 0 Å².